The summed E-state index contributed by atoms with van der Waals surface area (Å²) in [5.74, 6) is 0.793. The van der Waals surface area contributed by atoms with Crippen molar-refractivity contribution in [3.05, 3.63) is 52.6 Å². The zero-order valence-electron chi connectivity index (χ0n) is 15.0. The molecule has 0 radical (unpaired) electrons. The number of aliphatic carboxylic acids is 1. The van der Waals surface area contributed by atoms with Gasteiger partial charge in [0.2, 0.25) is 0 Å². The van der Waals surface area contributed by atoms with Crippen LogP contribution in [0.15, 0.2) is 30.3 Å². The summed E-state index contributed by atoms with van der Waals surface area (Å²) in [6.45, 7) is 9.73. The van der Waals surface area contributed by atoms with E-state index in [0.717, 1.165) is 34.4 Å². The van der Waals surface area contributed by atoms with E-state index in [4.69, 9.17) is 9.84 Å². The van der Waals surface area contributed by atoms with Gasteiger partial charge in [-0.2, -0.15) is 0 Å². The van der Waals surface area contributed by atoms with Gasteiger partial charge in [-0.1, -0.05) is 32.9 Å². The Morgan fingerprint density at radius 3 is 2.29 bits per heavy atom. The Hall–Kier alpha value is -2.49. The molecule has 0 saturated carbocycles. The van der Waals surface area contributed by atoms with Gasteiger partial charge in [0.1, 0.15) is 17.2 Å². The van der Waals surface area contributed by atoms with E-state index in [-0.39, 0.29) is 12.2 Å². The van der Waals surface area contributed by atoms with Crippen LogP contribution in [0.3, 0.4) is 0 Å². The van der Waals surface area contributed by atoms with Crippen LogP contribution in [-0.4, -0.2) is 16.2 Å². The van der Waals surface area contributed by atoms with Crippen molar-refractivity contribution < 1.29 is 19.7 Å². The molecule has 0 amide bonds. The number of carbonyl (C=O) groups is 1. The monoisotopic (exact) mass is 330 g/mol. The number of carboxylic acid groups (broad SMARTS) is 1. The van der Waals surface area contributed by atoms with Gasteiger partial charge in [-0.15, -0.1) is 0 Å². The number of hydrogen-bond acceptors (Lipinski definition) is 3. The summed E-state index contributed by atoms with van der Waals surface area (Å²) in [6, 6.07) is 8.82. The van der Waals surface area contributed by atoms with E-state index >= 15 is 0 Å². The number of aromatic hydroxyl groups is 1. The molecule has 2 aromatic carbocycles. The third kappa shape index (κ3) is 5.01. The molecule has 0 unspecified atom stereocenters. The van der Waals surface area contributed by atoms with Crippen LogP contribution in [0.2, 0.25) is 0 Å². The zero-order valence-corrected chi connectivity index (χ0v) is 15.0. The molecule has 0 saturated heterocycles. The van der Waals surface area contributed by atoms with E-state index in [1.165, 1.54) is 0 Å². The normalized spacial score (nSPS) is 9.88. The van der Waals surface area contributed by atoms with Crippen molar-refractivity contribution in [1.82, 2.24) is 0 Å². The van der Waals surface area contributed by atoms with Crippen molar-refractivity contribution in [3.8, 4) is 17.2 Å². The van der Waals surface area contributed by atoms with Gasteiger partial charge < -0.3 is 14.9 Å². The minimum absolute atomic E-state index is 0.00639. The van der Waals surface area contributed by atoms with Crippen LogP contribution in [0.25, 0.3) is 0 Å². The SMILES string of the molecule is CC.CCc1cc(CC(=O)O)cc(C)c1Oc1ccc(O)c(C)c1. The number of benzene rings is 2. The molecule has 0 spiro atoms. The molecular formula is C20H26O4. The minimum atomic E-state index is -0.843. The van der Waals surface area contributed by atoms with Gasteiger partial charge in [0.25, 0.3) is 0 Å². The van der Waals surface area contributed by atoms with Gasteiger partial charge in [0.15, 0.2) is 0 Å². The van der Waals surface area contributed by atoms with Gasteiger partial charge in [-0.25, -0.2) is 0 Å². The van der Waals surface area contributed by atoms with Crippen LogP contribution in [0.4, 0.5) is 0 Å². The standard InChI is InChI=1S/C18H20O4.C2H6/c1-4-14-9-13(10-17(20)21)7-12(3)18(14)22-15-5-6-16(19)11(2)8-15;1-2/h5-9,19H,4,10H2,1-3H3,(H,20,21);1-2H3. The van der Waals surface area contributed by atoms with Crippen LogP contribution < -0.4 is 4.74 Å². The summed E-state index contributed by atoms with van der Waals surface area (Å²) < 4.78 is 5.97. The molecule has 0 fully saturated rings. The Balaban J connectivity index is 0.00000139. The van der Waals surface area contributed by atoms with Crippen LogP contribution in [0, 0.1) is 13.8 Å². The molecule has 0 aliphatic rings. The first-order valence-corrected chi connectivity index (χ1v) is 8.22. The molecule has 2 N–H and O–H groups in total. The summed E-state index contributed by atoms with van der Waals surface area (Å²) in [5.41, 5.74) is 3.40. The van der Waals surface area contributed by atoms with E-state index in [1.807, 2.05) is 46.8 Å². The highest BCUT2D eigenvalue weighted by atomic mass is 16.5. The number of rotatable bonds is 5. The molecule has 0 aliphatic carbocycles. The quantitative estimate of drug-likeness (QED) is 0.808. The van der Waals surface area contributed by atoms with Crippen LogP contribution in [0.1, 0.15) is 43.0 Å². The molecule has 2 rings (SSSR count). The summed E-state index contributed by atoms with van der Waals surface area (Å²) in [6.07, 6.45) is 0.757. The van der Waals surface area contributed by atoms with Crippen molar-refractivity contribution in [1.29, 1.82) is 0 Å². The van der Waals surface area contributed by atoms with Gasteiger partial charge >= 0.3 is 5.97 Å². The Morgan fingerprint density at radius 1 is 1.08 bits per heavy atom. The fourth-order valence-electron chi connectivity index (χ4n) is 2.42. The number of carboxylic acids is 1. The second-order valence-corrected chi connectivity index (χ2v) is 5.38. The lowest BCUT2D eigenvalue weighted by Crippen LogP contribution is -2.03. The van der Waals surface area contributed by atoms with Crippen molar-refractivity contribution in [2.75, 3.05) is 0 Å². The number of phenolic OH excluding ortho intramolecular Hbond substituents is 1. The van der Waals surface area contributed by atoms with E-state index in [2.05, 4.69) is 0 Å². The first-order valence-electron chi connectivity index (χ1n) is 8.22. The number of hydrogen-bond donors (Lipinski definition) is 2. The minimum Gasteiger partial charge on any atom is -0.508 e. The van der Waals surface area contributed by atoms with Crippen LogP contribution >= 0.6 is 0 Å². The highest BCUT2D eigenvalue weighted by Gasteiger charge is 2.12. The highest BCUT2D eigenvalue weighted by molar-refractivity contribution is 5.70. The average molecular weight is 330 g/mol. The largest absolute Gasteiger partial charge is 0.508 e. The maximum absolute atomic E-state index is 10.9. The number of phenols is 1. The summed E-state index contributed by atoms with van der Waals surface area (Å²) >= 11 is 0. The smallest absolute Gasteiger partial charge is 0.307 e. The Kier molecular flexibility index (Phi) is 7.31. The van der Waals surface area contributed by atoms with Crippen molar-refractivity contribution in [2.45, 2.75) is 47.5 Å². The third-order valence-electron chi connectivity index (χ3n) is 3.54. The first-order chi connectivity index (χ1) is 11.4. The topological polar surface area (TPSA) is 66.8 Å². The van der Waals surface area contributed by atoms with E-state index in [1.54, 1.807) is 18.2 Å². The van der Waals surface area contributed by atoms with E-state index in [0.29, 0.717) is 5.75 Å². The maximum atomic E-state index is 10.9. The van der Waals surface area contributed by atoms with Crippen LogP contribution in [-0.2, 0) is 17.6 Å². The third-order valence-corrected chi connectivity index (χ3v) is 3.54. The Labute approximate surface area is 143 Å². The summed E-state index contributed by atoms with van der Waals surface area (Å²) in [4.78, 5) is 10.9. The first kappa shape index (κ1) is 19.6. The van der Waals surface area contributed by atoms with E-state index < -0.39 is 5.97 Å². The van der Waals surface area contributed by atoms with Gasteiger partial charge in [-0.05, 0) is 60.7 Å². The van der Waals surface area contributed by atoms with Gasteiger partial charge in [0.05, 0.1) is 6.42 Å². The predicted octanol–water partition coefficient (Wildman–Crippen LogP) is 5.02. The van der Waals surface area contributed by atoms with Crippen LogP contribution in [0.5, 0.6) is 17.2 Å². The summed E-state index contributed by atoms with van der Waals surface area (Å²) in [7, 11) is 0. The van der Waals surface area contributed by atoms with Crippen molar-refractivity contribution in [3.63, 3.8) is 0 Å². The molecular weight excluding hydrogens is 304 g/mol. The number of aryl methyl sites for hydroxylation is 3. The Morgan fingerprint density at radius 2 is 1.75 bits per heavy atom. The molecule has 24 heavy (non-hydrogen) atoms. The average Bonchev–Trinajstić information content (AvgIpc) is 2.54. The predicted molar refractivity (Wildman–Crippen MR) is 96.2 cm³/mol. The lowest BCUT2D eigenvalue weighted by atomic mass is 10.0. The second kappa shape index (κ2) is 8.96. The second-order valence-electron chi connectivity index (χ2n) is 5.38. The maximum Gasteiger partial charge on any atom is 0.307 e. The van der Waals surface area contributed by atoms with Crippen molar-refractivity contribution >= 4 is 5.97 Å². The molecule has 0 heterocycles. The molecule has 2 aromatic rings. The van der Waals surface area contributed by atoms with Crippen molar-refractivity contribution in [2.24, 2.45) is 0 Å². The molecule has 0 aliphatic heterocycles. The molecule has 0 aromatic heterocycles. The number of ether oxygens (including phenoxy) is 1. The fraction of sp³-hybridized carbons (Fsp3) is 0.350. The molecule has 0 atom stereocenters. The molecule has 4 nitrogen and oxygen atoms in total. The zero-order chi connectivity index (χ0) is 18.3. The molecule has 130 valence electrons. The highest BCUT2D eigenvalue weighted by Crippen LogP contribution is 2.32. The lowest BCUT2D eigenvalue weighted by molar-refractivity contribution is -0.136. The molecule has 4 heteroatoms. The molecule has 0 bridgehead atoms. The Bertz CT molecular complexity index is 705. The summed E-state index contributed by atoms with van der Waals surface area (Å²) in [5, 5.41) is 18.5. The fourth-order valence-corrected chi connectivity index (χ4v) is 2.42. The van der Waals surface area contributed by atoms with Gasteiger partial charge in [0, 0.05) is 0 Å². The van der Waals surface area contributed by atoms with Gasteiger partial charge in [-0.3, -0.25) is 4.79 Å². The van der Waals surface area contributed by atoms with E-state index in [9.17, 15) is 9.90 Å². The lowest BCUT2D eigenvalue weighted by Gasteiger charge is -2.15.